The zero-order valence-electron chi connectivity index (χ0n) is 5.88. The molecule has 2 N–H and O–H groups in total. The Labute approximate surface area is 73.5 Å². The monoisotopic (exact) mass is 213 g/mol. The molecular weight excluding hydrogens is 206 g/mol. The van der Waals surface area contributed by atoms with E-state index in [1.54, 1.807) is 12.1 Å². The molecule has 0 atom stereocenters. The minimum atomic E-state index is -0.0962. The number of rotatable bonds is 2. The zero-order chi connectivity index (χ0) is 8.27. The lowest BCUT2D eigenvalue weighted by atomic mass is 10.1. The van der Waals surface area contributed by atoms with E-state index in [-0.39, 0.29) is 4.69 Å². The summed E-state index contributed by atoms with van der Waals surface area (Å²) in [6.07, 6.45) is 0. The highest BCUT2D eigenvalue weighted by molar-refractivity contribution is 9.18. The number of carbonyl (C=O) groups is 1. The Hall–Kier alpha value is -0.670. The summed E-state index contributed by atoms with van der Waals surface area (Å²) in [5.41, 5.74) is 7.06. The van der Waals surface area contributed by atoms with Gasteiger partial charge in [-0.05, 0) is 21.5 Å². The molecule has 0 aromatic heterocycles. The van der Waals surface area contributed by atoms with Gasteiger partial charge in [0, 0.05) is 12.1 Å². The van der Waals surface area contributed by atoms with Crippen molar-refractivity contribution in [2.75, 3.05) is 0 Å². The van der Waals surface area contributed by atoms with Crippen LogP contribution in [0.4, 0.5) is 0 Å². The van der Waals surface area contributed by atoms with Crippen LogP contribution < -0.4 is 5.73 Å². The summed E-state index contributed by atoms with van der Waals surface area (Å²) in [4.78, 5) is 10.7. The minimum absolute atomic E-state index is 0.0962. The second-order valence-corrected chi connectivity index (χ2v) is 2.89. The van der Waals surface area contributed by atoms with Gasteiger partial charge in [-0.3, -0.25) is 4.79 Å². The second kappa shape index (κ2) is 3.64. The molecule has 0 aliphatic heterocycles. The van der Waals surface area contributed by atoms with Crippen LogP contribution in [-0.2, 0) is 6.54 Å². The first-order chi connectivity index (χ1) is 5.24. The molecular formula is C8H8BrNO. The Bertz CT molecular complexity index is 255. The Morgan fingerprint density at radius 3 is 2.27 bits per heavy atom. The predicted octanol–water partition coefficient (Wildman–Crippen LogP) is 1.68. The maximum Gasteiger partial charge on any atom is 0.228 e. The fourth-order valence-corrected chi connectivity index (χ4v) is 1.04. The molecule has 3 heteroatoms. The first-order valence-electron chi connectivity index (χ1n) is 3.23. The van der Waals surface area contributed by atoms with Gasteiger partial charge in [-0.15, -0.1) is 0 Å². The Balaban J connectivity index is 2.91. The molecule has 1 aromatic carbocycles. The van der Waals surface area contributed by atoms with Gasteiger partial charge in [-0.1, -0.05) is 24.3 Å². The maximum atomic E-state index is 10.7. The van der Waals surface area contributed by atoms with E-state index in [1.165, 1.54) is 0 Å². The van der Waals surface area contributed by atoms with Crippen LogP contribution in [0.1, 0.15) is 15.9 Å². The van der Waals surface area contributed by atoms with E-state index in [1.807, 2.05) is 12.1 Å². The van der Waals surface area contributed by atoms with Crippen molar-refractivity contribution < 1.29 is 4.79 Å². The number of hydrogen-bond acceptors (Lipinski definition) is 2. The topological polar surface area (TPSA) is 43.1 Å². The molecule has 0 radical (unpaired) electrons. The van der Waals surface area contributed by atoms with Crippen molar-refractivity contribution in [3.8, 4) is 0 Å². The summed E-state index contributed by atoms with van der Waals surface area (Å²) in [6, 6.07) is 7.18. The fourth-order valence-electron chi connectivity index (χ4n) is 0.772. The molecule has 1 aromatic rings. The van der Waals surface area contributed by atoms with Gasteiger partial charge in [0.1, 0.15) is 0 Å². The van der Waals surface area contributed by atoms with Gasteiger partial charge in [0.25, 0.3) is 0 Å². The molecule has 0 bridgehead atoms. The molecule has 0 spiro atoms. The zero-order valence-corrected chi connectivity index (χ0v) is 7.47. The molecule has 0 saturated carbocycles. The molecule has 11 heavy (non-hydrogen) atoms. The summed E-state index contributed by atoms with van der Waals surface area (Å²) >= 11 is 2.86. The Kier molecular flexibility index (Phi) is 2.79. The number of benzene rings is 1. The van der Waals surface area contributed by atoms with Crippen molar-refractivity contribution in [1.29, 1.82) is 0 Å². The molecule has 0 amide bonds. The van der Waals surface area contributed by atoms with Crippen molar-refractivity contribution in [2.24, 2.45) is 5.73 Å². The predicted molar refractivity (Wildman–Crippen MR) is 47.6 cm³/mol. The normalized spacial score (nSPS) is 9.64. The highest BCUT2D eigenvalue weighted by Gasteiger charge is 1.98. The first-order valence-corrected chi connectivity index (χ1v) is 4.02. The number of halogens is 1. The smallest absolute Gasteiger partial charge is 0.228 e. The largest absolute Gasteiger partial charge is 0.326 e. The fraction of sp³-hybridized carbons (Fsp3) is 0.125. The van der Waals surface area contributed by atoms with Crippen molar-refractivity contribution in [1.82, 2.24) is 0 Å². The van der Waals surface area contributed by atoms with E-state index in [9.17, 15) is 4.79 Å². The summed E-state index contributed by atoms with van der Waals surface area (Å²) in [5.74, 6) is 0. The molecule has 0 fully saturated rings. The molecule has 0 aliphatic rings. The van der Waals surface area contributed by atoms with Crippen LogP contribution in [0.25, 0.3) is 0 Å². The number of hydrogen-bond donors (Lipinski definition) is 1. The van der Waals surface area contributed by atoms with Gasteiger partial charge >= 0.3 is 0 Å². The summed E-state index contributed by atoms with van der Waals surface area (Å²) in [7, 11) is 0. The maximum absolute atomic E-state index is 10.7. The SMILES string of the molecule is NCc1ccc(C(=O)Br)cc1. The van der Waals surface area contributed by atoms with Crippen molar-refractivity contribution >= 4 is 20.6 Å². The second-order valence-electron chi connectivity index (χ2n) is 2.17. The van der Waals surface area contributed by atoms with Gasteiger partial charge in [0.2, 0.25) is 4.69 Å². The van der Waals surface area contributed by atoms with Crippen molar-refractivity contribution in [3.63, 3.8) is 0 Å². The average Bonchev–Trinajstić information content (AvgIpc) is 2.05. The lowest BCUT2D eigenvalue weighted by molar-refractivity contribution is 0.109. The van der Waals surface area contributed by atoms with E-state index in [2.05, 4.69) is 15.9 Å². The highest BCUT2D eigenvalue weighted by Crippen LogP contribution is 2.07. The highest BCUT2D eigenvalue weighted by atomic mass is 79.9. The quantitative estimate of drug-likeness (QED) is 0.761. The summed E-state index contributed by atoms with van der Waals surface area (Å²) in [6.45, 7) is 0.511. The average molecular weight is 214 g/mol. The van der Waals surface area contributed by atoms with Crippen LogP contribution in [0, 0.1) is 0 Å². The third-order valence-corrected chi connectivity index (χ3v) is 1.87. The van der Waals surface area contributed by atoms with Crippen molar-refractivity contribution in [3.05, 3.63) is 35.4 Å². The van der Waals surface area contributed by atoms with Gasteiger partial charge in [0.05, 0.1) is 0 Å². The summed E-state index contributed by atoms with van der Waals surface area (Å²) in [5, 5.41) is 0. The third kappa shape index (κ3) is 2.13. The van der Waals surface area contributed by atoms with Gasteiger partial charge < -0.3 is 5.73 Å². The molecule has 1 rings (SSSR count). The summed E-state index contributed by atoms with van der Waals surface area (Å²) < 4.78 is -0.0962. The Morgan fingerprint density at radius 2 is 1.91 bits per heavy atom. The molecule has 58 valence electrons. The van der Waals surface area contributed by atoms with Gasteiger partial charge in [0.15, 0.2) is 0 Å². The molecule has 0 saturated heterocycles. The van der Waals surface area contributed by atoms with E-state index < -0.39 is 0 Å². The number of nitrogens with two attached hydrogens (primary N) is 1. The van der Waals surface area contributed by atoms with Crippen LogP contribution >= 0.6 is 15.9 Å². The molecule has 2 nitrogen and oxygen atoms in total. The van der Waals surface area contributed by atoms with Crippen LogP contribution in [0.15, 0.2) is 24.3 Å². The van der Waals surface area contributed by atoms with E-state index in [0.717, 1.165) is 5.56 Å². The van der Waals surface area contributed by atoms with Crippen molar-refractivity contribution in [2.45, 2.75) is 6.54 Å². The molecule has 0 heterocycles. The van der Waals surface area contributed by atoms with Crippen LogP contribution in [0.5, 0.6) is 0 Å². The third-order valence-electron chi connectivity index (χ3n) is 1.42. The van der Waals surface area contributed by atoms with Gasteiger partial charge in [-0.25, -0.2) is 0 Å². The first kappa shape index (κ1) is 8.43. The van der Waals surface area contributed by atoms with E-state index >= 15 is 0 Å². The lowest BCUT2D eigenvalue weighted by Gasteiger charge is -1.96. The van der Waals surface area contributed by atoms with E-state index in [4.69, 9.17) is 5.73 Å². The standard InChI is InChI=1S/C8H8BrNO/c9-8(11)7-3-1-6(5-10)2-4-7/h1-4H,5,10H2. The van der Waals surface area contributed by atoms with Crippen LogP contribution in [0.2, 0.25) is 0 Å². The number of carbonyl (C=O) groups excluding carboxylic acids is 1. The molecule has 0 aliphatic carbocycles. The molecule has 0 unspecified atom stereocenters. The van der Waals surface area contributed by atoms with Gasteiger partial charge in [-0.2, -0.15) is 0 Å². The lowest BCUT2D eigenvalue weighted by Crippen LogP contribution is -1.96. The Morgan fingerprint density at radius 1 is 1.36 bits per heavy atom. The van der Waals surface area contributed by atoms with Crippen LogP contribution in [-0.4, -0.2) is 4.69 Å². The van der Waals surface area contributed by atoms with Crippen LogP contribution in [0.3, 0.4) is 0 Å². The minimum Gasteiger partial charge on any atom is -0.326 e. The van der Waals surface area contributed by atoms with E-state index in [0.29, 0.717) is 12.1 Å².